The average molecular weight is 331 g/mol. The third-order valence-electron chi connectivity index (χ3n) is 3.63. The molecule has 0 fully saturated rings. The highest BCUT2D eigenvalue weighted by molar-refractivity contribution is 5.65. The van der Waals surface area contributed by atoms with Gasteiger partial charge in [-0.15, -0.1) is 5.10 Å². The highest BCUT2D eigenvalue weighted by atomic mass is 19.1. The van der Waals surface area contributed by atoms with Gasteiger partial charge in [0.25, 0.3) is 0 Å². The van der Waals surface area contributed by atoms with Crippen molar-refractivity contribution in [1.29, 1.82) is 0 Å². The fourth-order valence-corrected chi connectivity index (χ4v) is 2.60. The summed E-state index contributed by atoms with van der Waals surface area (Å²) in [7, 11) is 0. The second-order valence-corrected chi connectivity index (χ2v) is 5.15. The predicted octanol–water partition coefficient (Wildman–Crippen LogP) is 2.43. The molecule has 1 N–H and O–H groups in total. The Balaban J connectivity index is 1.89. The van der Waals surface area contributed by atoms with Crippen molar-refractivity contribution in [3.8, 4) is 28.4 Å². The molecule has 0 atom stereocenters. The zero-order valence-corrected chi connectivity index (χ0v) is 12.2. The molecule has 0 aliphatic carbocycles. The lowest BCUT2D eigenvalue weighted by atomic mass is 10.1. The van der Waals surface area contributed by atoms with Gasteiger partial charge in [-0.3, -0.25) is 0 Å². The minimum Gasteiger partial charge on any atom is -0.454 e. The molecule has 0 radical (unpaired) electrons. The summed E-state index contributed by atoms with van der Waals surface area (Å²) in [6.07, 6.45) is 0. The number of benzene rings is 2. The smallest absolute Gasteiger partial charge is 0.231 e. The summed E-state index contributed by atoms with van der Waals surface area (Å²) >= 11 is 0. The lowest BCUT2D eigenvalue weighted by molar-refractivity contribution is 0.174. The number of rotatable bonds is 3. The van der Waals surface area contributed by atoms with Crippen molar-refractivity contribution in [2.75, 3.05) is 6.79 Å². The maximum Gasteiger partial charge on any atom is 0.231 e. The summed E-state index contributed by atoms with van der Waals surface area (Å²) in [6.45, 7) is -0.294. The number of ether oxygens (including phenoxy) is 2. The molecule has 1 aliphatic heterocycles. The Morgan fingerprint density at radius 2 is 1.79 bits per heavy atom. The van der Waals surface area contributed by atoms with E-state index in [2.05, 4.69) is 10.3 Å². The molecule has 122 valence electrons. The molecule has 1 aromatic heterocycles. The van der Waals surface area contributed by atoms with E-state index < -0.39 is 18.2 Å². The molecule has 2 aromatic carbocycles. The minimum atomic E-state index is -0.729. The van der Waals surface area contributed by atoms with Crippen LogP contribution >= 0.6 is 0 Å². The van der Waals surface area contributed by atoms with Gasteiger partial charge >= 0.3 is 0 Å². The van der Waals surface area contributed by atoms with Crippen LogP contribution in [0.4, 0.5) is 8.78 Å². The van der Waals surface area contributed by atoms with Gasteiger partial charge < -0.3 is 14.6 Å². The molecule has 2 heterocycles. The van der Waals surface area contributed by atoms with Gasteiger partial charge in [0, 0.05) is 17.7 Å². The Labute approximate surface area is 134 Å². The van der Waals surface area contributed by atoms with Crippen LogP contribution in [0.1, 0.15) is 5.69 Å². The Morgan fingerprint density at radius 3 is 2.54 bits per heavy atom. The third-order valence-corrected chi connectivity index (χ3v) is 3.63. The number of hydrogen-bond donors (Lipinski definition) is 1. The first-order valence-corrected chi connectivity index (χ1v) is 7.07. The zero-order chi connectivity index (χ0) is 16.7. The van der Waals surface area contributed by atoms with E-state index >= 15 is 0 Å². The van der Waals surface area contributed by atoms with Crippen LogP contribution in [0.3, 0.4) is 0 Å². The van der Waals surface area contributed by atoms with Gasteiger partial charge in [0.1, 0.15) is 23.0 Å². The van der Waals surface area contributed by atoms with Crippen LogP contribution in [0, 0.1) is 11.6 Å². The van der Waals surface area contributed by atoms with E-state index in [1.165, 1.54) is 4.68 Å². The Bertz CT molecular complexity index is 907. The van der Waals surface area contributed by atoms with Crippen molar-refractivity contribution in [2.24, 2.45) is 0 Å². The van der Waals surface area contributed by atoms with E-state index in [-0.39, 0.29) is 18.1 Å². The first-order valence-electron chi connectivity index (χ1n) is 7.07. The van der Waals surface area contributed by atoms with Crippen molar-refractivity contribution in [3.63, 3.8) is 0 Å². The standard InChI is InChI=1S/C16H11F2N3O3/c17-10-3-9(4-11(18)5-10)16-13(7-22)19-20-21(16)12-1-2-14-15(6-12)24-8-23-14/h1-6,22H,7-8H2. The summed E-state index contributed by atoms with van der Waals surface area (Å²) in [4.78, 5) is 0. The highest BCUT2D eigenvalue weighted by Gasteiger charge is 2.20. The number of halogens is 2. The second-order valence-electron chi connectivity index (χ2n) is 5.15. The maximum atomic E-state index is 13.6. The first-order chi connectivity index (χ1) is 11.7. The van der Waals surface area contributed by atoms with Gasteiger partial charge in [-0.05, 0) is 24.3 Å². The number of hydrogen-bond acceptors (Lipinski definition) is 5. The normalized spacial score (nSPS) is 12.6. The van der Waals surface area contributed by atoms with Crippen molar-refractivity contribution < 1.29 is 23.4 Å². The number of fused-ring (bicyclic) bond motifs is 1. The Hall–Kier alpha value is -3.00. The van der Waals surface area contributed by atoms with Gasteiger partial charge in [0.2, 0.25) is 6.79 Å². The number of aromatic nitrogens is 3. The van der Waals surface area contributed by atoms with Crippen LogP contribution in [0.15, 0.2) is 36.4 Å². The fourth-order valence-electron chi connectivity index (χ4n) is 2.60. The van der Waals surface area contributed by atoms with Crippen LogP contribution in [0.2, 0.25) is 0 Å². The lowest BCUT2D eigenvalue weighted by Gasteiger charge is -2.09. The molecule has 1 aliphatic rings. The molecule has 0 saturated carbocycles. The van der Waals surface area contributed by atoms with Gasteiger partial charge in [0.05, 0.1) is 12.3 Å². The lowest BCUT2D eigenvalue weighted by Crippen LogP contribution is -2.01. The van der Waals surface area contributed by atoms with Crippen LogP contribution in [0.25, 0.3) is 16.9 Å². The molecule has 6 nitrogen and oxygen atoms in total. The second kappa shape index (κ2) is 5.57. The summed E-state index contributed by atoms with van der Waals surface area (Å²) < 4.78 is 39.1. The largest absolute Gasteiger partial charge is 0.454 e. The fraction of sp³-hybridized carbons (Fsp3) is 0.125. The molecular formula is C16H11F2N3O3. The summed E-state index contributed by atoms with van der Waals surface area (Å²) in [5.74, 6) is -0.329. The molecule has 24 heavy (non-hydrogen) atoms. The number of nitrogens with zero attached hydrogens (tertiary/aromatic N) is 3. The van der Waals surface area contributed by atoms with Crippen LogP contribution in [-0.2, 0) is 6.61 Å². The molecule has 0 unspecified atom stereocenters. The molecule has 0 saturated heterocycles. The van der Waals surface area contributed by atoms with E-state index in [4.69, 9.17) is 9.47 Å². The summed E-state index contributed by atoms with van der Waals surface area (Å²) in [5, 5.41) is 17.4. The van der Waals surface area contributed by atoms with Gasteiger partial charge in [-0.1, -0.05) is 5.21 Å². The zero-order valence-electron chi connectivity index (χ0n) is 12.2. The van der Waals surface area contributed by atoms with Crippen molar-refractivity contribution >= 4 is 0 Å². The van der Waals surface area contributed by atoms with Gasteiger partial charge in [-0.2, -0.15) is 0 Å². The predicted molar refractivity (Wildman–Crippen MR) is 78.8 cm³/mol. The average Bonchev–Trinajstić information content (AvgIpc) is 3.19. The molecule has 0 amide bonds. The van der Waals surface area contributed by atoms with Crippen molar-refractivity contribution in [3.05, 3.63) is 53.7 Å². The molecule has 3 aromatic rings. The van der Waals surface area contributed by atoms with Gasteiger partial charge in [-0.25, -0.2) is 13.5 Å². The Morgan fingerprint density at radius 1 is 1.04 bits per heavy atom. The quantitative estimate of drug-likeness (QED) is 0.798. The number of aliphatic hydroxyl groups excluding tert-OH is 1. The highest BCUT2D eigenvalue weighted by Crippen LogP contribution is 2.35. The molecule has 4 rings (SSSR count). The van der Waals surface area contributed by atoms with E-state index in [1.807, 2.05) is 0 Å². The maximum absolute atomic E-state index is 13.6. The summed E-state index contributed by atoms with van der Waals surface area (Å²) in [6, 6.07) is 8.18. The minimum absolute atomic E-state index is 0.125. The van der Waals surface area contributed by atoms with E-state index in [0.717, 1.165) is 18.2 Å². The molecule has 0 spiro atoms. The van der Waals surface area contributed by atoms with E-state index in [0.29, 0.717) is 22.9 Å². The van der Waals surface area contributed by atoms with Crippen molar-refractivity contribution in [1.82, 2.24) is 15.0 Å². The SMILES string of the molecule is OCc1nnn(-c2ccc3c(c2)OCO3)c1-c1cc(F)cc(F)c1. The first kappa shape index (κ1) is 14.6. The Kier molecular flexibility index (Phi) is 3.39. The van der Waals surface area contributed by atoms with Gasteiger partial charge in [0.15, 0.2) is 11.5 Å². The van der Waals surface area contributed by atoms with Crippen LogP contribution in [0.5, 0.6) is 11.5 Å². The molecule has 0 bridgehead atoms. The topological polar surface area (TPSA) is 69.4 Å². The van der Waals surface area contributed by atoms with E-state index in [9.17, 15) is 13.9 Å². The molecule has 8 heteroatoms. The third kappa shape index (κ3) is 2.37. The number of aliphatic hydroxyl groups is 1. The summed E-state index contributed by atoms with van der Waals surface area (Å²) in [5.41, 5.74) is 1.29. The van der Waals surface area contributed by atoms with Crippen molar-refractivity contribution in [2.45, 2.75) is 6.61 Å². The van der Waals surface area contributed by atoms with Crippen LogP contribution < -0.4 is 9.47 Å². The van der Waals surface area contributed by atoms with E-state index in [1.54, 1.807) is 18.2 Å². The monoisotopic (exact) mass is 331 g/mol. The molecular weight excluding hydrogens is 320 g/mol. The van der Waals surface area contributed by atoms with Crippen LogP contribution in [-0.4, -0.2) is 26.9 Å².